The first-order valence-electron chi connectivity index (χ1n) is 8.21. The number of benzene rings is 1. The van der Waals surface area contributed by atoms with E-state index in [9.17, 15) is 4.79 Å². The fraction of sp³-hybridized carbons (Fsp3) is 0.529. The van der Waals surface area contributed by atoms with Crippen LogP contribution < -0.4 is 4.90 Å². The second-order valence-electron chi connectivity index (χ2n) is 6.46. The van der Waals surface area contributed by atoms with Crippen LogP contribution in [0.25, 0.3) is 11.0 Å². The molecule has 5 heteroatoms. The first-order chi connectivity index (χ1) is 10.7. The number of piperazine rings is 1. The van der Waals surface area contributed by atoms with Crippen molar-refractivity contribution in [3.05, 3.63) is 24.0 Å². The van der Waals surface area contributed by atoms with E-state index in [2.05, 4.69) is 38.0 Å². The van der Waals surface area contributed by atoms with Crippen LogP contribution >= 0.6 is 0 Å². The molecule has 4 rings (SSSR count). The zero-order valence-electron chi connectivity index (χ0n) is 13.0. The number of amides is 1. The van der Waals surface area contributed by atoms with Gasteiger partial charge in [-0.1, -0.05) is 6.42 Å². The average molecular weight is 298 g/mol. The largest absolute Gasteiger partial charge is 0.368 e. The third-order valence-electron chi connectivity index (χ3n) is 4.99. The number of nitrogens with one attached hydrogen (secondary N) is 1. The van der Waals surface area contributed by atoms with Crippen molar-refractivity contribution in [1.82, 2.24) is 14.9 Å². The summed E-state index contributed by atoms with van der Waals surface area (Å²) >= 11 is 0. The molecule has 2 aromatic rings. The minimum absolute atomic E-state index is 0.316. The van der Waals surface area contributed by atoms with Gasteiger partial charge in [0, 0.05) is 37.8 Å². The topological polar surface area (TPSA) is 52.2 Å². The SMILES string of the molecule is Cc1nc2ccc(N3CCN(C(=O)C4CCC4)CC3)cc2[nH]1. The number of aromatic amines is 1. The van der Waals surface area contributed by atoms with E-state index in [4.69, 9.17) is 0 Å². The molecule has 2 aliphatic rings. The maximum Gasteiger partial charge on any atom is 0.225 e. The molecule has 116 valence electrons. The molecule has 1 saturated heterocycles. The van der Waals surface area contributed by atoms with E-state index in [1.807, 2.05) is 6.92 Å². The van der Waals surface area contributed by atoms with Crippen molar-refractivity contribution < 1.29 is 4.79 Å². The Morgan fingerprint density at radius 3 is 2.68 bits per heavy atom. The highest BCUT2D eigenvalue weighted by molar-refractivity contribution is 5.81. The zero-order valence-corrected chi connectivity index (χ0v) is 13.0. The second-order valence-corrected chi connectivity index (χ2v) is 6.46. The van der Waals surface area contributed by atoms with Gasteiger partial charge in [0.05, 0.1) is 11.0 Å². The molecule has 1 N–H and O–H groups in total. The Labute approximate surface area is 130 Å². The average Bonchev–Trinajstić information content (AvgIpc) is 2.84. The van der Waals surface area contributed by atoms with Crippen LogP contribution in [0.4, 0.5) is 5.69 Å². The lowest BCUT2D eigenvalue weighted by Gasteiger charge is -2.39. The highest BCUT2D eigenvalue weighted by Gasteiger charge is 2.31. The highest BCUT2D eigenvalue weighted by atomic mass is 16.2. The second kappa shape index (κ2) is 5.30. The van der Waals surface area contributed by atoms with Crippen LogP contribution in [-0.2, 0) is 4.79 Å². The first kappa shape index (κ1) is 13.6. The molecule has 1 saturated carbocycles. The number of hydrogen-bond donors (Lipinski definition) is 1. The number of imidazole rings is 1. The lowest BCUT2D eigenvalue weighted by atomic mass is 9.84. The number of aromatic nitrogens is 2. The van der Waals surface area contributed by atoms with E-state index in [0.717, 1.165) is 55.9 Å². The Bertz CT molecular complexity index is 696. The van der Waals surface area contributed by atoms with Crippen molar-refractivity contribution in [2.75, 3.05) is 31.1 Å². The van der Waals surface area contributed by atoms with Crippen molar-refractivity contribution in [3.8, 4) is 0 Å². The summed E-state index contributed by atoms with van der Waals surface area (Å²) in [6.07, 6.45) is 3.41. The van der Waals surface area contributed by atoms with Crippen molar-refractivity contribution in [2.24, 2.45) is 5.92 Å². The standard InChI is InChI=1S/C17H22N4O/c1-12-18-15-6-5-14(11-16(15)19-12)20-7-9-21(10-8-20)17(22)13-3-2-4-13/h5-6,11,13H,2-4,7-10H2,1H3,(H,18,19). The Hall–Kier alpha value is -2.04. The summed E-state index contributed by atoms with van der Waals surface area (Å²) in [5.74, 6) is 1.64. The van der Waals surface area contributed by atoms with Gasteiger partial charge in [-0.3, -0.25) is 4.79 Å². The third kappa shape index (κ3) is 2.34. The van der Waals surface area contributed by atoms with E-state index >= 15 is 0 Å². The van der Waals surface area contributed by atoms with Gasteiger partial charge < -0.3 is 14.8 Å². The molecule has 2 fully saturated rings. The van der Waals surface area contributed by atoms with E-state index in [1.54, 1.807) is 0 Å². The number of nitrogens with zero attached hydrogens (tertiary/aromatic N) is 3. The lowest BCUT2D eigenvalue weighted by molar-refractivity contribution is -0.138. The molecule has 0 unspecified atom stereocenters. The van der Waals surface area contributed by atoms with Gasteiger partial charge in [0.1, 0.15) is 5.82 Å². The quantitative estimate of drug-likeness (QED) is 0.925. The molecule has 1 aromatic carbocycles. The molecule has 0 radical (unpaired) electrons. The number of hydrogen-bond acceptors (Lipinski definition) is 3. The molecular formula is C17H22N4O. The van der Waals surface area contributed by atoms with Crippen LogP contribution in [0.15, 0.2) is 18.2 Å². The summed E-state index contributed by atoms with van der Waals surface area (Å²) in [7, 11) is 0. The monoisotopic (exact) mass is 298 g/mol. The number of carbonyl (C=O) groups is 1. The Balaban J connectivity index is 1.44. The fourth-order valence-corrected chi connectivity index (χ4v) is 3.42. The van der Waals surface area contributed by atoms with E-state index in [0.29, 0.717) is 11.8 Å². The van der Waals surface area contributed by atoms with E-state index in [1.165, 1.54) is 12.1 Å². The van der Waals surface area contributed by atoms with E-state index < -0.39 is 0 Å². The predicted molar refractivity (Wildman–Crippen MR) is 87.0 cm³/mol. The molecule has 0 spiro atoms. The summed E-state index contributed by atoms with van der Waals surface area (Å²) in [6, 6.07) is 6.37. The van der Waals surface area contributed by atoms with Gasteiger partial charge in [0.15, 0.2) is 0 Å². The lowest BCUT2D eigenvalue weighted by Crippen LogP contribution is -2.51. The van der Waals surface area contributed by atoms with Crippen LogP contribution in [0.5, 0.6) is 0 Å². The molecular weight excluding hydrogens is 276 g/mol. The summed E-state index contributed by atoms with van der Waals surface area (Å²) in [5, 5.41) is 0. The maximum absolute atomic E-state index is 12.3. The molecule has 0 bridgehead atoms. The normalized spacial score (nSPS) is 19.5. The van der Waals surface area contributed by atoms with Gasteiger partial charge >= 0.3 is 0 Å². The number of rotatable bonds is 2. The van der Waals surface area contributed by atoms with Crippen LogP contribution in [0, 0.1) is 12.8 Å². The van der Waals surface area contributed by atoms with Crippen molar-refractivity contribution in [1.29, 1.82) is 0 Å². The molecule has 1 aliphatic carbocycles. The summed E-state index contributed by atoms with van der Waals surface area (Å²) in [4.78, 5) is 24.4. The predicted octanol–water partition coefficient (Wildman–Crippen LogP) is 2.32. The summed E-state index contributed by atoms with van der Waals surface area (Å²) in [6.45, 7) is 5.49. The number of H-pyrrole nitrogens is 1. The van der Waals surface area contributed by atoms with Crippen LogP contribution in [0.2, 0.25) is 0 Å². The number of aryl methyl sites for hydroxylation is 1. The number of anilines is 1. The summed E-state index contributed by atoms with van der Waals surface area (Å²) < 4.78 is 0. The Morgan fingerprint density at radius 1 is 1.23 bits per heavy atom. The van der Waals surface area contributed by atoms with Crippen molar-refractivity contribution in [3.63, 3.8) is 0 Å². The Kier molecular flexibility index (Phi) is 3.28. The van der Waals surface area contributed by atoms with Crippen molar-refractivity contribution >= 4 is 22.6 Å². The number of carbonyl (C=O) groups excluding carboxylic acids is 1. The smallest absolute Gasteiger partial charge is 0.225 e. The van der Waals surface area contributed by atoms with Crippen molar-refractivity contribution in [2.45, 2.75) is 26.2 Å². The third-order valence-corrected chi connectivity index (χ3v) is 4.99. The molecule has 1 aromatic heterocycles. The van der Waals surface area contributed by atoms with Gasteiger partial charge in [-0.05, 0) is 38.0 Å². The van der Waals surface area contributed by atoms with Gasteiger partial charge in [-0.2, -0.15) is 0 Å². The van der Waals surface area contributed by atoms with Crippen LogP contribution in [-0.4, -0.2) is 47.0 Å². The molecule has 22 heavy (non-hydrogen) atoms. The molecule has 2 heterocycles. The van der Waals surface area contributed by atoms with E-state index in [-0.39, 0.29) is 0 Å². The molecule has 5 nitrogen and oxygen atoms in total. The maximum atomic E-state index is 12.3. The highest BCUT2D eigenvalue weighted by Crippen LogP contribution is 2.29. The Morgan fingerprint density at radius 2 is 2.00 bits per heavy atom. The van der Waals surface area contributed by atoms with Gasteiger partial charge in [0.25, 0.3) is 0 Å². The van der Waals surface area contributed by atoms with Crippen LogP contribution in [0.1, 0.15) is 25.1 Å². The zero-order chi connectivity index (χ0) is 15.1. The molecule has 0 atom stereocenters. The van der Waals surface area contributed by atoms with Crippen LogP contribution in [0.3, 0.4) is 0 Å². The van der Waals surface area contributed by atoms with Gasteiger partial charge in [-0.25, -0.2) is 4.98 Å². The minimum Gasteiger partial charge on any atom is -0.368 e. The molecule has 1 amide bonds. The minimum atomic E-state index is 0.316. The fourth-order valence-electron chi connectivity index (χ4n) is 3.42. The number of fused-ring (bicyclic) bond motifs is 1. The van der Waals surface area contributed by atoms with Gasteiger partial charge in [0.2, 0.25) is 5.91 Å². The summed E-state index contributed by atoms with van der Waals surface area (Å²) in [5.41, 5.74) is 3.31. The molecule has 1 aliphatic heterocycles. The van der Waals surface area contributed by atoms with Gasteiger partial charge in [-0.15, -0.1) is 0 Å². The first-order valence-corrected chi connectivity index (χ1v) is 8.21.